The van der Waals surface area contributed by atoms with E-state index in [1.807, 2.05) is 106 Å². The predicted molar refractivity (Wildman–Crippen MR) is 159 cm³/mol. The average Bonchev–Trinajstić information content (AvgIpc) is 3.22. The fourth-order valence-electron chi connectivity index (χ4n) is 5.35. The van der Waals surface area contributed by atoms with Crippen molar-refractivity contribution in [2.75, 3.05) is 18.0 Å². The van der Waals surface area contributed by atoms with Crippen LogP contribution in [0, 0.1) is 12.8 Å². The number of anilines is 1. The molecule has 0 unspecified atom stereocenters. The lowest BCUT2D eigenvalue weighted by atomic mass is 10.0. The van der Waals surface area contributed by atoms with Crippen molar-refractivity contribution in [2.24, 2.45) is 5.92 Å². The Balaban J connectivity index is 1.50. The highest BCUT2D eigenvalue weighted by molar-refractivity contribution is 6.26. The van der Waals surface area contributed by atoms with E-state index in [1.54, 1.807) is 15.9 Å². The summed E-state index contributed by atoms with van der Waals surface area (Å²) >= 11 is 0. The first-order chi connectivity index (χ1) is 19.3. The van der Waals surface area contributed by atoms with Crippen molar-refractivity contribution in [3.8, 4) is 0 Å². The second-order valence-electron chi connectivity index (χ2n) is 10.9. The van der Waals surface area contributed by atoms with Crippen molar-refractivity contribution in [1.29, 1.82) is 0 Å². The van der Waals surface area contributed by atoms with Crippen LogP contribution in [0.15, 0.2) is 91.0 Å². The summed E-state index contributed by atoms with van der Waals surface area (Å²) in [5.74, 6) is -0.403. The third kappa shape index (κ3) is 5.76. The van der Waals surface area contributed by atoms with Crippen LogP contribution >= 0.6 is 0 Å². The minimum absolute atomic E-state index is 0.152. The van der Waals surface area contributed by atoms with Gasteiger partial charge >= 0.3 is 0 Å². The number of benzene rings is 4. The van der Waals surface area contributed by atoms with Crippen molar-refractivity contribution >= 4 is 34.2 Å². The smallest absolute Gasteiger partial charge is 0.259 e. The zero-order valence-corrected chi connectivity index (χ0v) is 23.3. The van der Waals surface area contributed by atoms with Gasteiger partial charge in [0.05, 0.1) is 5.69 Å². The van der Waals surface area contributed by atoms with Gasteiger partial charge in [-0.15, -0.1) is 0 Å². The molecule has 1 aliphatic rings. The molecule has 6 heteroatoms. The van der Waals surface area contributed by atoms with E-state index in [2.05, 4.69) is 5.32 Å². The molecule has 204 valence electrons. The van der Waals surface area contributed by atoms with Crippen molar-refractivity contribution in [2.45, 2.75) is 39.8 Å². The molecule has 1 heterocycles. The van der Waals surface area contributed by atoms with E-state index in [0.717, 1.165) is 33.2 Å². The maximum atomic E-state index is 14.2. The molecule has 6 nitrogen and oxygen atoms in total. The molecular formula is C34H35N3O3. The topological polar surface area (TPSA) is 69.7 Å². The van der Waals surface area contributed by atoms with Gasteiger partial charge in [-0.25, -0.2) is 0 Å². The third-order valence-corrected chi connectivity index (χ3v) is 7.33. The Kier molecular flexibility index (Phi) is 7.96. The molecule has 0 saturated carbocycles. The standard InChI is InChI=1S/C34H35N3O3/c1-23(2)20-35-33(39)30(19-25-11-5-4-6-12-25)36(21-26-13-7-10-24(3)18-26)31(38)22-37-29-17-9-15-27-14-8-16-28(32(27)29)34(37)40/h4-18,23,30H,19-22H2,1-3H3,(H,35,39)/t30-/m1/s1. The molecule has 0 aliphatic carbocycles. The van der Waals surface area contributed by atoms with Gasteiger partial charge in [-0.05, 0) is 41.5 Å². The summed E-state index contributed by atoms with van der Waals surface area (Å²) in [5, 5.41) is 4.88. The summed E-state index contributed by atoms with van der Waals surface area (Å²) in [4.78, 5) is 44.6. The maximum Gasteiger partial charge on any atom is 0.259 e. The Morgan fingerprint density at radius 3 is 2.30 bits per heavy atom. The summed E-state index contributed by atoms with van der Waals surface area (Å²) in [6.45, 7) is 6.71. The number of carbonyl (C=O) groups excluding carboxylic acids is 3. The number of nitrogens with one attached hydrogen (secondary N) is 1. The fourth-order valence-corrected chi connectivity index (χ4v) is 5.35. The zero-order valence-electron chi connectivity index (χ0n) is 23.3. The van der Waals surface area contributed by atoms with Crippen LogP contribution in [0.25, 0.3) is 10.8 Å². The van der Waals surface area contributed by atoms with Gasteiger partial charge in [0.25, 0.3) is 5.91 Å². The Morgan fingerprint density at radius 2 is 1.57 bits per heavy atom. The van der Waals surface area contributed by atoms with E-state index in [1.165, 1.54) is 0 Å². The minimum Gasteiger partial charge on any atom is -0.354 e. The van der Waals surface area contributed by atoms with Gasteiger partial charge in [-0.1, -0.05) is 98.3 Å². The summed E-state index contributed by atoms with van der Waals surface area (Å²) < 4.78 is 0. The van der Waals surface area contributed by atoms with E-state index >= 15 is 0 Å². The van der Waals surface area contributed by atoms with Crippen LogP contribution in [-0.4, -0.2) is 41.8 Å². The van der Waals surface area contributed by atoms with Crippen LogP contribution in [0.2, 0.25) is 0 Å². The first-order valence-corrected chi connectivity index (χ1v) is 13.8. The Bertz CT molecular complexity index is 1540. The Morgan fingerprint density at radius 1 is 0.875 bits per heavy atom. The molecule has 0 bridgehead atoms. The summed E-state index contributed by atoms with van der Waals surface area (Å²) in [7, 11) is 0. The molecule has 0 fully saturated rings. The number of carbonyl (C=O) groups is 3. The van der Waals surface area contributed by atoms with E-state index in [0.29, 0.717) is 18.5 Å². The van der Waals surface area contributed by atoms with Crippen LogP contribution in [0.1, 0.15) is 40.9 Å². The van der Waals surface area contributed by atoms with Gasteiger partial charge in [-0.3, -0.25) is 19.3 Å². The lowest BCUT2D eigenvalue weighted by Gasteiger charge is -2.33. The van der Waals surface area contributed by atoms with E-state index in [4.69, 9.17) is 0 Å². The molecule has 5 rings (SSSR count). The van der Waals surface area contributed by atoms with Crippen LogP contribution in [0.3, 0.4) is 0 Å². The highest BCUT2D eigenvalue weighted by Crippen LogP contribution is 2.37. The monoisotopic (exact) mass is 533 g/mol. The van der Waals surface area contributed by atoms with E-state index < -0.39 is 6.04 Å². The molecule has 4 aromatic rings. The Labute approximate surface area is 235 Å². The van der Waals surface area contributed by atoms with Crippen LogP contribution < -0.4 is 10.2 Å². The van der Waals surface area contributed by atoms with Crippen LogP contribution in [-0.2, 0) is 22.6 Å². The highest BCUT2D eigenvalue weighted by atomic mass is 16.2. The molecule has 0 aromatic heterocycles. The molecule has 1 N–H and O–H groups in total. The van der Waals surface area contributed by atoms with Gasteiger partial charge in [0.2, 0.25) is 11.8 Å². The first kappa shape index (κ1) is 27.1. The van der Waals surface area contributed by atoms with Gasteiger partial charge in [-0.2, -0.15) is 0 Å². The second-order valence-corrected chi connectivity index (χ2v) is 10.9. The second kappa shape index (κ2) is 11.7. The fraction of sp³-hybridized carbons (Fsp3) is 0.265. The molecule has 4 aromatic carbocycles. The van der Waals surface area contributed by atoms with Gasteiger partial charge in [0.1, 0.15) is 12.6 Å². The van der Waals surface area contributed by atoms with Crippen molar-refractivity contribution < 1.29 is 14.4 Å². The third-order valence-electron chi connectivity index (χ3n) is 7.33. The lowest BCUT2D eigenvalue weighted by Crippen LogP contribution is -2.53. The molecule has 0 radical (unpaired) electrons. The molecule has 0 spiro atoms. The van der Waals surface area contributed by atoms with E-state index in [9.17, 15) is 14.4 Å². The SMILES string of the molecule is Cc1cccc(CN(C(=O)CN2C(=O)c3cccc4cccc2c34)[C@H](Cc2ccccc2)C(=O)NCC(C)C)c1. The largest absolute Gasteiger partial charge is 0.354 e. The molecule has 1 atom stereocenters. The predicted octanol–water partition coefficient (Wildman–Crippen LogP) is 5.52. The van der Waals surface area contributed by atoms with Crippen molar-refractivity contribution in [3.05, 3.63) is 113 Å². The van der Waals surface area contributed by atoms with E-state index in [-0.39, 0.29) is 36.7 Å². The van der Waals surface area contributed by atoms with Gasteiger partial charge in [0, 0.05) is 30.5 Å². The first-order valence-electron chi connectivity index (χ1n) is 13.8. The van der Waals surface area contributed by atoms with Crippen LogP contribution in [0.5, 0.6) is 0 Å². The number of rotatable bonds is 10. The number of hydrogen-bond donors (Lipinski definition) is 1. The number of hydrogen-bond acceptors (Lipinski definition) is 3. The normalized spacial score (nSPS) is 13.1. The summed E-state index contributed by atoms with van der Waals surface area (Å²) in [5.41, 5.74) is 4.29. The summed E-state index contributed by atoms with van der Waals surface area (Å²) in [6.07, 6.45) is 0.367. The van der Waals surface area contributed by atoms with Gasteiger partial charge < -0.3 is 10.2 Å². The van der Waals surface area contributed by atoms with Crippen molar-refractivity contribution in [1.82, 2.24) is 10.2 Å². The molecule has 1 aliphatic heterocycles. The Hall–Kier alpha value is -4.45. The van der Waals surface area contributed by atoms with Crippen molar-refractivity contribution in [3.63, 3.8) is 0 Å². The number of amides is 3. The molecule has 0 saturated heterocycles. The quantitative estimate of drug-likeness (QED) is 0.292. The number of nitrogens with zero attached hydrogens (tertiary/aromatic N) is 2. The maximum absolute atomic E-state index is 14.2. The molecular weight excluding hydrogens is 498 g/mol. The highest BCUT2D eigenvalue weighted by Gasteiger charge is 2.35. The average molecular weight is 534 g/mol. The molecule has 3 amide bonds. The lowest BCUT2D eigenvalue weighted by molar-refractivity contribution is -0.140. The zero-order chi connectivity index (χ0) is 28.2. The van der Waals surface area contributed by atoms with Gasteiger partial charge in [0.15, 0.2) is 0 Å². The number of aryl methyl sites for hydroxylation is 1. The summed E-state index contributed by atoms with van der Waals surface area (Å²) in [6, 6.07) is 28.4. The molecule has 40 heavy (non-hydrogen) atoms. The van der Waals surface area contributed by atoms with Crippen LogP contribution in [0.4, 0.5) is 5.69 Å². The minimum atomic E-state index is -0.745.